The normalized spacial score (nSPS) is 11.4. The van der Waals surface area contributed by atoms with Crippen molar-refractivity contribution in [2.24, 2.45) is 7.05 Å². The van der Waals surface area contributed by atoms with E-state index in [9.17, 15) is 0 Å². The van der Waals surface area contributed by atoms with E-state index in [1.165, 1.54) is 0 Å². The summed E-state index contributed by atoms with van der Waals surface area (Å²) >= 11 is 0. The molecule has 2 aromatic heterocycles. The summed E-state index contributed by atoms with van der Waals surface area (Å²) in [6, 6.07) is 5.58. The third kappa shape index (κ3) is 3.63. The predicted octanol–water partition coefficient (Wildman–Crippen LogP) is 2.19. The number of ether oxygens (including phenoxy) is 1. The minimum absolute atomic E-state index is 0.332. The highest BCUT2D eigenvalue weighted by atomic mass is 16.5. The van der Waals surface area contributed by atoms with Crippen LogP contribution in [0.2, 0.25) is 0 Å². The first-order valence-electron chi connectivity index (χ1n) is 6.51. The molecular weight excluding hydrogens is 254 g/mol. The fourth-order valence-electron chi connectivity index (χ4n) is 1.68. The highest BCUT2D eigenvalue weighted by Crippen LogP contribution is 2.25. The Morgan fingerprint density at radius 3 is 2.65 bits per heavy atom. The van der Waals surface area contributed by atoms with E-state index in [0.29, 0.717) is 18.1 Å². The lowest BCUT2D eigenvalue weighted by Gasteiger charge is -2.21. The Morgan fingerprint density at radius 2 is 2.05 bits per heavy atom. The molecule has 0 aliphatic carbocycles. The first kappa shape index (κ1) is 14.2. The van der Waals surface area contributed by atoms with Crippen LogP contribution >= 0.6 is 0 Å². The number of pyridine rings is 1. The number of nitrogens with two attached hydrogens (primary N) is 1. The van der Waals surface area contributed by atoms with Crippen molar-refractivity contribution in [3.63, 3.8) is 0 Å². The minimum Gasteiger partial charge on any atom is -0.470 e. The van der Waals surface area contributed by atoms with Crippen LogP contribution in [0.5, 0.6) is 5.88 Å². The van der Waals surface area contributed by atoms with Crippen LogP contribution < -0.4 is 15.8 Å². The van der Waals surface area contributed by atoms with Gasteiger partial charge in [0.1, 0.15) is 11.4 Å². The molecule has 0 saturated heterocycles. The Morgan fingerprint density at radius 1 is 1.30 bits per heavy atom. The van der Waals surface area contributed by atoms with Crippen LogP contribution in [0.25, 0.3) is 0 Å². The van der Waals surface area contributed by atoms with Gasteiger partial charge in [-0.15, -0.1) is 0 Å². The maximum Gasteiger partial charge on any atom is 0.239 e. The van der Waals surface area contributed by atoms with Gasteiger partial charge >= 0.3 is 0 Å². The number of rotatable bonds is 4. The first-order chi connectivity index (χ1) is 9.35. The van der Waals surface area contributed by atoms with Crippen LogP contribution in [0.4, 0.5) is 11.5 Å². The minimum atomic E-state index is -0.332. The molecule has 2 aromatic rings. The molecule has 108 valence electrons. The summed E-state index contributed by atoms with van der Waals surface area (Å²) in [6.45, 7) is 6.53. The summed E-state index contributed by atoms with van der Waals surface area (Å²) in [5, 5.41) is 7.35. The second-order valence-electron chi connectivity index (χ2n) is 5.61. The first-order valence-corrected chi connectivity index (χ1v) is 6.51. The second-order valence-corrected chi connectivity index (χ2v) is 5.61. The number of nitrogens with one attached hydrogen (secondary N) is 1. The fraction of sp³-hybridized carbons (Fsp3) is 0.429. The van der Waals surface area contributed by atoms with Crippen molar-refractivity contribution in [2.45, 2.75) is 32.9 Å². The molecule has 6 nitrogen and oxygen atoms in total. The highest BCUT2D eigenvalue weighted by Gasteiger charge is 2.15. The van der Waals surface area contributed by atoms with E-state index in [-0.39, 0.29) is 5.60 Å². The summed E-state index contributed by atoms with van der Waals surface area (Å²) in [7, 11) is 1.90. The molecule has 0 saturated carbocycles. The van der Waals surface area contributed by atoms with Gasteiger partial charge in [0.2, 0.25) is 5.88 Å². The van der Waals surface area contributed by atoms with Gasteiger partial charge in [0.25, 0.3) is 0 Å². The van der Waals surface area contributed by atoms with Gasteiger partial charge in [-0.05, 0) is 39.0 Å². The molecule has 3 N–H and O–H groups in total. The van der Waals surface area contributed by atoms with Crippen molar-refractivity contribution in [1.29, 1.82) is 0 Å². The molecule has 2 rings (SSSR count). The zero-order valence-electron chi connectivity index (χ0n) is 12.3. The summed E-state index contributed by atoms with van der Waals surface area (Å²) in [6.07, 6.45) is 1.77. The molecule has 0 fully saturated rings. The zero-order chi connectivity index (χ0) is 14.8. The van der Waals surface area contributed by atoms with Gasteiger partial charge in [-0.2, -0.15) is 10.1 Å². The number of anilines is 2. The van der Waals surface area contributed by atoms with Gasteiger partial charge in [0, 0.05) is 13.2 Å². The highest BCUT2D eigenvalue weighted by molar-refractivity contribution is 5.53. The molecule has 0 bridgehead atoms. The molecular formula is C14H21N5O. The lowest BCUT2D eigenvalue weighted by molar-refractivity contribution is 0.125. The third-order valence-electron chi connectivity index (χ3n) is 2.67. The van der Waals surface area contributed by atoms with Crippen LogP contribution in [-0.2, 0) is 13.6 Å². The average molecular weight is 275 g/mol. The molecule has 0 radical (unpaired) electrons. The maximum atomic E-state index is 5.88. The van der Waals surface area contributed by atoms with Crippen molar-refractivity contribution < 1.29 is 4.74 Å². The van der Waals surface area contributed by atoms with E-state index < -0.39 is 0 Å². The Hall–Kier alpha value is -2.24. The van der Waals surface area contributed by atoms with E-state index in [2.05, 4.69) is 15.4 Å². The SMILES string of the molecule is Cn1nccc1CNc1ccc(N)c(OC(C)(C)C)n1. The monoisotopic (exact) mass is 275 g/mol. The number of aryl methyl sites for hydroxylation is 1. The Bertz CT molecular complexity index is 585. The van der Waals surface area contributed by atoms with Crippen molar-refractivity contribution in [3.05, 3.63) is 30.1 Å². The molecule has 20 heavy (non-hydrogen) atoms. The number of hydrogen-bond donors (Lipinski definition) is 2. The Kier molecular flexibility index (Phi) is 3.83. The average Bonchev–Trinajstić information content (AvgIpc) is 2.74. The van der Waals surface area contributed by atoms with Gasteiger partial charge in [-0.1, -0.05) is 0 Å². The standard InChI is InChI=1S/C14H21N5O/c1-14(2,3)20-13-11(15)5-6-12(18-13)16-9-10-7-8-17-19(10)4/h5-8H,9,15H2,1-4H3,(H,16,18). The fourth-order valence-corrected chi connectivity index (χ4v) is 1.68. The van der Waals surface area contributed by atoms with Gasteiger partial charge in [-0.25, -0.2) is 0 Å². The third-order valence-corrected chi connectivity index (χ3v) is 2.67. The Balaban J connectivity index is 2.09. The molecule has 6 heteroatoms. The van der Waals surface area contributed by atoms with Gasteiger partial charge in [0.15, 0.2) is 0 Å². The molecule has 0 spiro atoms. The quantitative estimate of drug-likeness (QED) is 0.894. The van der Waals surface area contributed by atoms with E-state index in [0.717, 1.165) is 11.5 Å². The topological polar surface area (TPSA) is 78.0 Å². The molecule has 0 atom stereocenters. The number of hydrogen-bond acceptors (Lipinski definition) is 5. The second kappa shape index (κ2) is 5.40. The lowest BCUT2D eigenvalue weighted by atomic mass is 10.2. The Labute approximate surface area is 119 Å². The predicted molar refractivity (Wildman–Crippen MR) is 79.6 cm³/mol. The molecule has 0 aromatic carbocycles. The van der Waals surface area contributed by atoms with Crippen molar-refractivity contribution in [2.75, 3.05) is 11.1 Å². The van der Waals surface area contributed by atoms with Crippen molar-refractivity contribution >= 4 is 11.5 Å². The molecule has 0 aliphatic heterocycles. The lowest BCUT2D eigenvalue weighted by Crippen LogP contribution is -2.24. The van der Waals surface area contributed by atoms with E-state index in [4.69, 9.17) is 10.5 Å². The number of nitrogens with zero attached hydrogens (tertiary/aromatic N) is 3. The summed E-state index contributed by atoms with van der Waals surface area (Å²) in [5.41, 5.74) is 7.16. The molecule has 0 unspecified atom stereocenters. The van der Waals surface area contributed by atoms with Gasteiger partial charge in [-0.3, -0.25) is 4.68 Å². The number of aromatic nitrogens is 3. The van der Waals surface area contributed by atoms with E-state index in [1.807, 2.05) is 44.6 Å². The van der Waals surface area contributed by atoms with Crippen molar-refractivity contribution in [1.82, 2.24) is 14.8 Å². The van der Waals surface area contributed by atoms with E-state index >= 15 is 0 Å². The van der Waals surface area contributed by atoms with Gasteiger partial charge < -0.3 is 15.8 Å². The van der Waals surface area contributed by atoms with Crippen LogP contribution in [-0.4, -0.2) is 20.4 Å². The van der Waals surface area contributed by atoms with Gasteiger partial charge in [0.05, 0.1) is 17.9 Å². The van der Waals surface area contributed by atoms with Crippen molar-refractivity contribution in [3.8, 4) is 5.88 Å². The van der Waals surface area contributed by atoms with Crippen LogP contribution in [0.1, 0.15) is 26.5 Å². The van der Waals surface area contributed by atoms with Crippen LogP contribution in [0.3, 0.4) is 0 Å². The van der Waals surface area contributed by atoms with Crippen LogP contribution in [0, 0.1) is 0 Å². The molecule has 0 amide bonds. The molecule has 0 aliphatic rings. The maximum absolute atomic E-state index is 5.88. The largest absolute Gasteiger partial charge is 0.470 e. The summed E-state index contributed by atoms with van der Waals surface area (Å²) in [4.78, 5) is 4.40. The summed E-state index contributed by atoms with van der Waals surface area (Å²) < 4.78 is 7.56. The molecule has 2 heterocycles. The zero-order valence-corrected chi connectivity index (χ0v) is 12.3. The summed E-state index contributed by atoms with van der Waals surface area (Å²) in [5.74, 6) is 1.17. The van der Waals surface area contributed by atoms with E-state index in [1.54, 1.807) is 12.3 Å². The smallest absolute Gasteiger partial charge is 0.239 e. The van der Waals surface area contributed by atoms with Crippen LogP contribution in [0.15, 0.2) is 24.4 Å². The number of nitrogen functional groups attached to an aromatic ring is 1.